The summed E-state index contributed by atoms with van der Waals surface area (Å²) in [5.41, 5.74) is 7.59. The second-order valence-corrected chi connectivity index (χ2v) is 8.48. The van der Waals surface area contributed by atoms with Crippen LogP contribution in [0.5, 0.6) is 0 Å². The van der Waals surface area contributed by atoms with Crippen LogP contribution in [0.1, 0.15) is 35.2 Å². The van der Waals surface area contributed by atoms with E-state index in [0.29, 0.717) is 50.7 Å². The van der Waals surface area contributed by atoms with Gasteiger partial charge in [-0.15, -0.1) is 0 Å². The standard InChI is InChI=1S/C24H30N4O3/c25-22-12-20(10-11-26-22)24(30)27-13-19-14-28(21(15-27)17-31-16-19)23(29)9-5-4-8-18-6-2-1-3-7-18/h1-3,6-7,10-12,19,21H,4-5,8-9,13-17H2,(H2,25,26)/t19-,21-/m0/s1. The smallest absolute Gasteiger partial charge is 0.254 e. The van der Waals surface area contributed by atoms with Crippen LogP contribution in [0.2, 0.25) is 0 Å². The minimum atomic E-state index is -0.114. The van der Waals surface area contributed by atoms with Crippen molar-refractivity contribution >= 4 is 17.6 Å². The monoisotopic (exact) mass is 422 g/mol. The summed E-state index contributed by atoms with van der Waals surface area (Å²) >= 11 is 0. The molecule has 2 amide bonds. The number of aryl methyl sites for hydroxylation is 1. The van der Waals surface area contributed by atoms with Crippen LogP contribution in [0.15, 0.2) is 48.7 Å². The Bertz CT molecular complexity index is 905. The number of carbonyl (C=O) groups is 2. The van der Waals surface area contributed by atoms with Gasteiger partial charge in [0.25, 0.3) is 5.91 Å². The summed E-state index contributed by atoms with van der Waals surface area (Å²) in [5.74, 6) is 0.541. The summed E-state index contributed by atoms with van der Waals surface area (Å²) in [4.78, 5) is 33.9. The highest BCUT2D eigenvalue weighted by molar-refractivity contribution is 5.95. The number of anilines is 1. The molecule has 31 heavy (non-hydrogen) atoms. The highest BCUT2D eigenvalue weighted by Crippen LogP contribution is 2.23. The maximum atomic E-state index is 13.1. The first kappa shape index (κ1) is 21.3. The Labute approximate surface area is 183 Å². The lowest BCUT2D eigenvalue weighted by Gasteiger charge is -2.31. The van der Waals surface area contributed by atoms with Crippen molar-refractivity contribution in [3.63, 3.8) is 0 Å². The Balaban J connectivity index is 1.36. The molecule has 2 N–H and O–H groups in total. The topological polar surface area (TPSA) is 88.8 Å². The number of hydrogen-bond acceptors (Lipinski definition) is 5. The zero-order valence-corrected chi connectivity index (χ0v) is 17.8. The molecule has 2 fully saturated rings. The number of nitrogens with two attached hydrogens (primary N) is 1. The van der Waals surface area contributed by atoms with Gasteiger partial charge in [-0.05, 0) is 37.0 Å². The third kappa shape index (κ3) is 5.41. The molecule has 0 spiro atoms. The molecule has 0 unspecified atom stereocenters. The van der Waals surface area contributed by atoms with Crippen molar-refractivity contribution < 1.29 is 14.3 Å². The third-order valence-corrected chi connectivity index (χ3v) is 6.05. The van der Waals surface area contributed by atoms with Gasteiger partial charge in [-0.1, -0.05) is 30.3 Å². The zero-order chi connectivity index (χ0) is 21.6. The molecule has 2 aliphatic rings. The van der Waals surface area contributed by atoms with E-state index in [-0.39, 0.29) is 23.8 Å². The minimum Gasteiger partial charge on any atom is -0.384 e. The normalized spacial score (nSPS) is 20.9. The van der Waals surface area contributed by atoms with Gasteiger partial charge in [0.15, 0.2) is 0 Å². The van der Waals surface area contributed by atoms with Crippen LogP contribution >= 0.6 is 0 Å². The molecule has 1 aromatic heterocycles. The fraction of sp³-hybridized carbons (Fsp3) is 0.458. The first-order chi connectivity index (χ1) is 15.1. The minimum absolute atomic E-state index is 0.0665. The van der Waals surface area contributed by atoms with Gasteiger partial charge in [-0.25, -0.2) is 4.98 Å². The third-order valence-electron chi connectivity index (χ3n) is 6.05. The summed E-state index contributed by atoms with van der Waals surface area (Å²) in [5, 5.41) is 0. The number of amides is 2. The summed E-state index contributed by atoms with van der Waals surface area (Å²) in [6.07, 6.45) is 4.92. The molecule has 2 saturated heterocycles. The Kier molecular flexibility index (Phi) is 6.82. The number of aromatic nitrogens is 1. The Morgan fingerprint density at radius 3 is 2.71 bits per heavy atom. The second-order valence-electron chi connectivity index (χ2n) is 8.48. The molecule has 4 rings (SSSR count). The van der Waals surface area contributed by atoms with Gasteiger partial charge < -0.3 is 20.3 Å². The van der Waals surface area contributed by atoms with E-state index in [4.69, 9.17) is 10.5 Å². The van der Waals surface area contributed by atoms with E-state index in [2.05, 4.69) is 17.1 Å². The largest absolute Gasteiger partial charge is 0.384 e. The predicted molar refractivity (Wildman–Crippen MR) is 118 cm³/mol. The SMILES string of the molecule is Nc1cc(C(=O)N2C[C@@H]3COC[C@H](C2)N(C(=O)CCCCc2ccccc2)C3)ccn1. The van der Waals surface area contributed by atoms with E-state index >= 15 is 0 Å². The maximum absolute atomic E-state index is 13.1. The van der Waals surface area contributed by atoms with Crippen LogP contribution in [-0.4, -0.2) is 65.5 Å². The van der Waals surface area contributed by atoms with Crippen LogP contribution < -0.4 is 5.73 Å². The van der Waals surface area contributed by atoms with Crippen molar-refractivity contribution in [2.45, 2.75) is 31.7 Å². The number of ether oxygens (including phenoxy) is 1. The van der Waals surface area contributed by atoms with Crippen LogP contribution in [0, 0.1) is 5.92 Å². The highest BCUT2D eigenvalue weighted by Gasteiger charge is 2.37. The number of fused-ring (bicyclic) bond motifs is 3. The summed E-state index contributed by atoms with van der Waals surface area (Å²) in [7, 11) is 0. The Morgan fingerprint density at radius 2 is 1.90 bits per heavy atom. The molecule has 2 atom stereocenters. The van der Waals surface area contributed by atoms with E-state index in [1.165, 1.54) is 5.56 Å². The lowest BCUT2D eigenvalue weighted by Crippen LogP contribution is -2.47. The van der Waals surface area contributed by atoms with E-state index < -0.39 is 0 Å². The molecule has 1 aromatic carbocycles. The number of pyridine rings is 1. The summed E-state index contributed by atoms with van der Waals surface area (Å²) in [6, 6.07) is 13.5. The zero-order valence-electron chi connectivity index (χ0n) is 17.8. The number of carbonyl (C=O) groups excluding carboxylic acids is 2. The van der Waals surface area contributed by atoms with Crippen molar-refractivity contribution in [1.29, 1.82) is 0 Å². The molecule has 7 heteroatoms. The maximum Gasteiger partial charge on any atom is 0.254 e. The molecule has 0 aliphatic carbocycles. The van der Waals surface area contributed by atoms with Crippen molar-refractivity contribution in [2.75, 3.05) is 38.6 Å². The molecule has 164 valence electrons. The molecule has 2 aromatic rings. The first-order valence-corrected chi connectivity index (χ1v) is 11.0. The summed E-state index contributed by atoms with van der Waals surface area (Å²) in [6.45, 7) is 2.73. The first-order valence-electron chi connectivity index (χ1n) is 11.0. The average Bonchev–Trinajstić information content (AvgIpc) is 3.08. The second kappa shape index (κ2) is 9.92. The number of unbranched alkanes of at least 4 members (excludes halogenated alkanes) is 1. The fourth-order valence-electron chi connectivity index (χ4n) is 4.47. The van der Waals surface area contributed by atoms with E-state index in [1.807, 2.05) is 28.0 Å². The molecule has 0 saturated carbocycles. The van der Waals surface area contributed by atoms with Crippen molar-refractivity contribution in [1.82, 2.24) is 14.8 Å². The fourth-order valence-corrected chi connectivity index (χ4v) is 4.47. The molecule has 0 radical (unpaired) electrons. The number of hydrogen-bond donors (Lipinski definition) is 1. The van der Waals surface area contributed by atoms with Gasteiger partial charge in [0, 0.05) is 43.7 Å². The van der Waals surface area contributed by atoms with Gasteiger partial charge in [0.1, 0.15) is 5.82 Å². The molecule has 3 heterocycles. The van der Waals surface area contributed by atoms with Crippen LogP contribution in [0.4, 0.5) is 5.82 Å². The molecule has 2 bridgehead atoms. The molecular weight excluding hydrogens is 392 g/mol. The van der Waals surface area contributed by atoms with Crippen molar-refractivity contribution in [3.8, 4) is 0 Å². The average molecular weight is 423 g/mol. The van der Waals surface area contributed by atoms with Gasteiger partial charge in [0.2, 0.25) is 5.91 Å². The number of nitrogen functional groups attached to an aromatic ring is 1. The highest BCUT2D eigenvalue weighted by atomic mass is 16.5. The number of nitrogens with zero attached hydrogens (tertiary/aromatic N) is 3. The van der Waals surface area contributed by atoms with Gasteiger partial charge in [0.05, 0.1) is 19.3 Å². The molecule has 2 aliphatic heterocycles. The number of benzene rings is 1. The van der Waals surface area contributed by atoms with E-state index in [9.17, 15) is 9.59 Å². The van der Waals surface area contributed by atoms with Gasteiger partial charge in [-0.3, -0.25) is 9.59 Å². The lowest BCUT2D eigenvalue weighted by atomic mass is 10.1. The lowest BCUT2D eigenvalue weighted by molar-refractivity contribution is -0.134. The Morgan fingerprint density at radius 1 is 1.06 bits per heavy atom. The predicted octanol–water partition coefficient (Wildman–Crippen LogP) is 2.38. The van der Waals surface area contributed by atoms with Crippen molar-refractivity contribution in [3.05, 3.63) is 59.8 Å². The van der Waals surface area contributed by atoms with E-state index in [1.54, 1.807) is 18.3 Å². The Hall–Kier alpha value is -2.93. The van der Waals surface area contributed by atoms with Crippen LogP contribution in [0.3, 0.4) is 0 Å². The quantitative estimate of drug-likeness (QED) is 0.722. The summed E-state index contributed by atoms with van der Waals surface area (Å²) < 4.78 is 5.82. The van der Waals surface area contributed by atoms with Gasteiger partial charge >= 0.3 is 0 Å². The van der Waals surface area contributed by atoms with E-state index in [0.717, 1.165) is 19.3 Å². The molecular formula is C24H30N4O3. The van der Waals surface area contributed by atoms with Gasteiger partial charge in [-0.2, -0.15) is 0 Å². The van der Waals surface area contributed by atoms with Crippen LogP contribution in [0.25, 0.3) is 0 Å². The molecule has 7 nitrogen and oxygen atoms in total. The van der Waals surface area contributed by atoms with Crippen LogP contribution in [-0.2, 0) is 16.0 Å². The van der Waals surface area contributed by atoms with Crippen molar-refractivity contribution in [2.24, 2.45) is 5.92 Å². The number of rotatable bonds is 6.